The van der Waals surface area contributed by atoms with Crippen LogP contribution in [-0.2, 0) is 13.0 Å². The second kappa shape index (κ2) is 11.9. The van der Waals surface area contributed by atoms with Crippen LogP contribution in [-0.4, -0.2) is 37.0 Å². The van der Waals surface area contributed by atoms with Crippen molar-refractivity contribution in [2.45, 2.75) is 57.9 Å². The van der Waals surface area contributed by atoms with Crippen molar-refractivity contribution in [3.8, 4) is 5.75 Å². The summed E-state index contributed by atoms with van der Waals surface area (Å²) < 4.78 is 42.0. The van der Waals surface area contributed by atoms with Gasteiger partial charge in [0.05, 0.1) is 5.52 Å². The predicted octanol–water partition coefficient (Wildman–Crippen LogP) is 6.51. The van der Waals surface area contributed by atoms with Crippen molar-refractivity contribution in [2.24, 2.45) is 11.8 Å². The van der Waals surface area contributed by atoms with Gasteiger partial charge in [-0.1, -0.05) is 49.6 Å². The van der Waals surface area contributed by atoms with E-state index in [4.69, 9.17) is 9.97 Å². The zero-order valence-electron chi connectivity index (χ0n) is 21.0. The lowest BCUT2D eigenvalue weighted by atomic mass is 9.80. The lowest BCUT2D eigenvalue weighted by molar-refractivity contribution is -0.274. The summed E-state index contributed by atoms with van der Waals surface area (Å²) in [6.45, 7) is 1.18. The van der Waals surface area contributed by atoms with Crippen molar-refractivity contribution in [1.82, 2.24) is 15.3 Å². The maximum Gasteiger partial charge on any atom is 0.573 e. The molecule has 1 heterocycles. The highest BCUT2D eigenvalue weighted by Crippen LogP contribution is 2.32. The first-order valence-corrected chi connectivity index (χ1v) is 12.8. The van der Waals surface area contributed by atoms with Gasteiger partial charge in [0.25, 0.3) is 0 Å². The van der Waals surface area contributed by atoms with Gasteiger partial charge < -0.3 is 15.0 Å². The zero-order valence-corrected chi connectivity index (χ0v) is 21.0. The Hall–Kier alpha value is -2.87. The summed E-state index contributed by atoms with van der Waals surface area (Å²) in [4.78, 5) is 11.6. The fourth-order valence-corrected chi connectivity index (χ4v) is 5.12. The maximum absolute atomic E-state index is 12.6. The lowest BCUT2D eigenvalue weighted by Gasteiger charge is -2.28. The van der Waals surface area contributed by atoms with Crippen molar-refractivity contribution in [3.63, 3.8) is 0 Å². The molecule has 1 aromatic heterocycles. The van der Waals surface area contributed by atoms with Crippen molar-refractivity contribution in [2.75, 3.05) is 25.5 Å². The molecule has 1 aliphatic carbocycles. The number of anilines is 1. The van der Waals surface area contributed by atoms with Crippen LogP contribution in [0.3, 0.4) is 0 Å². The molecule has 4 rings (SSSR count). The minimum Gasteiger partial charge on any atom is -0.405 e. The van der Waals surface area contributed by atoms with Crippen molar-refractivity contribution in [3.05, 3.63) is 59.9 Å². The Labute approximate surface area is 211 Å². The second-order valence-corrected chi connectivity index (χ2v) is 9.94. The largest absolute Gasteiger partial charge is 0.573 e. The van der Waals surface area contributed by atoms with Gasteiger partial charge in [-0.15, -0.1) is 13.2 Å². The molecule has 8 heteroatoms. The van der Waals surface area contributed by atoms with Crippen molar-refractivity contribution in [1.29, 1.82) is 0 Å². The number of nitrogens with one attached hydrogen (secondary N) is 1. The first-order chi connectivity index (χ1) is 17.3. The number of aromatic nitrogens is 2. The van der Waals surface area contributed by atoms with Gasteiger partial charge in [0.1, 0.15) is 17.4 Å². The molecule has 194 valence electrons. The van der Waals surface area contributed by atoms with Gasteiger partial charge in [0.15, 0.2) is 0 Å². The van der Waals surface area contributed by atoms with E-state index >= 15 is 0 Å². The molecule has 1 fully saturated rings. The molecule has 0 atom stereocenters. The molecule has 2 aromatic carbocycles. The van der Waals surface area contributed by atoms with E-state index in [-0.39, 0.29) is 5.75 Å². The number of hydrogen-bond donors (Lipinski definition) is 1. The molecule has 0 spiro atoms. The Morgan fingerprint density at radius 2 is 1.64 bits per heavy atom. The van der Waals surface area contributed by atoms with Crippen LogP contribution in [0.25, 0.3) is 10.9 Å². The highest BCUT2D eigenvalue weighted by molar-refractivity contribution is 5.89. The van der Waals surface area contributed by atoms with Gasteiger partial charge in [-0.25, -0.2) is 9.97 Å². The number of nitrogens with zero attached hydrogens (tertiary/aromatic N) is 3. The number of benzene rings is 2. The van der Waals surface area contributed by atoms with Crippen molar-refractivity contribution >= 4 is 16.7 Å². The number of ether oxygens (including phenoxy) is 1. The SMILES string of the molecule is CN(C)c1nc(CCCC2CCC(CNCc3ccccc3OC(F)(F)F)CC2)nc2ccccc12. The van der Waals surface area contributed by atoms with E-state index in [1.807, 2.05) is 37.2 Å². The number of halogens is 3. The van der Waals surface area contributed by atoms with Gasteiger partial charge in [0.2, 0.25) is 0 Å². The maximum atomic E-state index is 12.6. The molecule has 0 bridgehead atoms. The van der Waals surface area contributed by atoms with E-state index < -0.39 is 6.36 Å². The van der Waals surface area contributed by atoms with Gasteiger partial charge in [0, 0.05) is 38.0 Å². The summed E-state index contributed by atoms with van der Waals surface area (Å²) in [6.07, 6.45) is 3.15. The Kier molecular flexibility index (Phi) is 8.67. The molecule has 0 unspecified atom stereocenters. The summed E-state index contributed by atoms with van der Waals surface area (Å²) in [5, 5.41) is 4.42. The highest BCUT2D eigenvalue weighted by Gasteiger charge is 2.32. The molecule has 1 aliphatic rings. The van der Waals surface area contributed by atoms with E-state index in [1.165, 1.54) is 25.3 Å². The van der Waals surface area contributed by atoms with Gasteiger partial charge >= 0.3 is 6.36 Å². The van der Waals surface area contributed by atoms with E-state index in [0.717, 1.165) is 60.7 Å². The predicted molar refractivity (Wildman–Crippen MR) is 137 cm³/mol. The normalized spacial score (nSPS) is 18.4. The Morgan fingerprint density at radius 3 is 2.39 bits per heavy atom. The van der Waals surface area contributed by atoms with E-state index in [0.29, 0.717) is 18.0 Å². The number of alkyl halides is 3. The second-order valence-electron chi connectivity index (χ2n) is 9.94. The van der Waals surface area contributed by atoms with Crippen LogP contribution in [0.15, 0.2) is 48.5 Å². The summed E-state index contributed by atoms with van der Waals surface area (Å²) in [5.74, 6) is 3.02. The summed E-state index contributed by atoms with van der Waals surface area (Å²) in [6, 6.07) is 14.5. The molecule has 0 aliphatic heterocycles. The third-order valence-electron chi connectivity index (χ3n) is 6.98. The van der Waals surface area contributed by atoms with Crippen LogP contribution in [0.1, 0.15) is 49.9 Å². The Morgan fingerprint density at radius 1 is 0.944 bits per heavy atom. The van der Waals surface area contributed by atoms with Gasteiger partial charge in [-0.05, 0) is 55.8 Å². The van der Waals surface area contributed by atoms with Crippen LogP contribution in [0.5, 0.6) is 5.75 Å². The fraction of sp³-hybridized carbons (Fsp3) is 0.500. The van der Waals surface area contributed by atoms with Crippen LogP contribution in [0, 0.1) is 11.8 Å². The fourth-order valence-electron chi connectivity index (χ4n) is 5.12. The molecular weight excluding hydrogens is 465 g/mol. The molecule has 3 aromatic rings. The first-order valence-electron chi connectivity index (χ1n) is 12.8. The smallest absolute Gasteiger partial charge is 0.405 e. The van der Waals surface area contributed by atoms with E-state index in [2.05, 4.69) is 16.1 Å². The average Bonchev–Trinajstić information content (AvgIpc) is 2.84. The third kappa shape index (κ3) is 7.32. The van der Waals surface area contributed by atoms with Gasteiger partial charge in [-0.2, -0.15) is 0 Å². The lowest BCUT2D eigenvalue weighted by Crippen LogP contribution is -2.27. The molecule has 1 saturated carbocycles. The minimum absolute atomic E-state index is 0.130. The molecule has 0 amide bonds. The van der Waals surface area contributed by atoms with Crippen molar-refractivity contribution < 1.29 is 17.9 Å². The number of para-hydroxylation sites is 2. The Balaban J connectivity index is 1.19. The van der Waals surface area contributed by atoms with E-state index in [1.54, 1.807) is 18.2 Å². The summed E-state index contributed by atoms with van der Waals surface area (Å²) in [7, 11) is 4.03. The highest BCUT2D eigenvalue weighted by atomic mass is 19.4. The van der Waals surface area contributed by atoms with Crippen LogP contribution >= 0.6 is 0 Å². The quantitative estimate of drug-likeness (QED) is 0.344. The minimum atomic E-state index is -4.68. The summed E-state index contributed by atoms with van der Waals surface area (Å²) >= 11 is 0. The molecule has 0 radical (unpaired) electrons. The van der Waals surface area contributed by atoms with Crippen LogP contribution in [0.4, 0.5) is 19.0 Å². The number of fused-ring (bicyclic) bond motifs is 1. The molecular formula is C28H35F3N4O. The molecule has 0 saturated heterocycles. The molecule has 5 nitrogen and oxygen atoms in total. The topological polar surface area (TPSA) is 50.3 Å². The number of hydrogen-bond acceptors (Lipinski definition) is 5. The van der Waals surface area contributed by atoms with E-state index in [9.17, 15) is 13.2 Å². The average molecular weight is 501 g/mol. The van der Waals surface area contributed by atoms with Crippen LogP contribution < -0.4 is 15.0 Å². The third-order valence-corrected chi connectivity index (χ3v) is 6.98. The Bertz CT molecular complexity index is 1130. The number of aryl methyl sites for hydroxylation is 1. The molecule has 1 N–H and O–H groups in total. The standard InChI is InChI=1S/C28H35F3N4O/c1-35(2)27-23-10-4-5-11-24(23)33-26(34-27)13-7-8-20-14-16-21(17-15-20)18-32-19-22-9-3-6-12-25(22)36-28(29,30)31/h3-6,9-12,20-21,32H,7-8,13-19H2,1-2H3. The van der Waals surface area contributed by atoms with Crippen LogP contribution in [0.2, 0.25) is 0 Å². The summed E-state index contributed by atoms with van der Waals surface area (Å²) in [5.41, 5.74) is 1.52. The monoisotopic (exact) mass is 500 g/mol. The zero-order chi connectivity index (χ0) is 25.5. The van der Waals surface area contributed by atoms with Gasteiger partial charge in [-0.3, -0.25) is 0 Å². The number of rotatable bonds is 10. The molecule has 36 heavy (non-hydrogen) atoms. The first kappa shape index (κ1) is 26.2.